The van der Waals surface area contributed by atoms with Gasteiger partial charge in [0.1, 0.15) is 0 Å². The molecule has 0 saturated heterocycles. The molecule has 86 valence electrons. The molecule has 3 N–H and O–H groups in total. The Labute approximate surface area is 86.9 Å². The van der Waals surface area contributed by atoms with Crippen LogP contribution in [-0.4, -0.2) is 60.5 Å². The number of hydrogen-bond donors (Lipinski definition) is 3. The van der Waals surface area contributed by atoms with Gasteiger partial charge in [-0.15, -0.1) is 0 Å². The van der Waals surface area contributed by atoms with Crippen LogP contribution in [0.1, 0.15) is 20.3 Å². The first-order chi connectivity index (χ1) is 6.61. The van der Waals surface area contributed by atoms with Crippen molar-refractivity contribution in [2.45, 2.75) is 32.4 Å². The van der Waals surface area contributed by atoms with Crippen molar-refractivity contribution in [3.05, 3.63) is 0 Å². The van der Waals surface area contributed by atoms with Crippen LogP contribution in [0.15, 0.2) is 0 Å². The van der Waals surface area contributed by atoms with Crippen molar-refractivity contribution in [2.24, 2.45) is 0 Å². The lowest BCUT2D eigenvalue weighted by Crippen LogP contribution is -2.38. The average molecular weight is 204 g/mol. The highest BCUT2D eigenvalue weighted by Gasteiger charge is 2.06. The molecular weight excluding hydrogens is 180 g/mol. The van der Waals surface area contributed by atoms with Crippen molar-refractivity contribution < 1.29 is 10.2 Å². The van der Waals surface area contributed by atoms with E-state index in [1.807, 2.05) is 0 Å². The number of nitrogens with zero attached hydrogens (tertiary/aromatic N) is 1. The van der Waals surface area contributed by atoms with E-state index in [1.54, 1.807) is 0 Å². The fraction of sp³-hybridized carbons (Fsp3) is 1.00. The molecule has 0 aliphatic rings. The predicted molar refractivity (Wildman–Crippen MR) is 58.3 cm³/mol. The molecule has 0 aromatic rings. The third kappa shape index (κ3) is 6.32. The fourth-order valence-electron chi connectivity index (χ4n) is 1.12. The summed E-state index contributed by atoms with van der Waals surface area (Å²) in [6.45, 7) is 6.47. The highest BCUT2D eigenvalue weighted by Crippen LogP contribution is 1.97. The minimum absolute atomic E-state index is 0.172. The molecule has 4 heteroatoms. The summed E-state index contributed by atoms with van der Waals surface area (Å²) in [7, 11) is 2.10. The molecule has 0 aliphatic heterocycles. The van der Waals surface area contributed by atoms with Gasteiger partial charge in [0, 0.05) is 25.7 Å². The van der Waals surface area contributed by atoms with E-state index >= 15 is 0 Å². The molecule has 0 radical (unpaired) electrons. The lowest BCUT2D eigenvalue weighted by Gasteiger charge is -2.23. The summed E-state index contributed by atoms with van der Waals surface area (Å²) < 4.78 is 0. The van der Waals surface area contributed by atoms with E-state index in [-0.39, 0.29) is 6.61 Å². The molecule has 0 heterocycles. The van der Waals surface area contributed by atoms with Crippen LogP contribution in [0.4, 0.5) is 0 Å². The third-order valence-electron chi connectivity index (χ3n) is 2.58. The van der Waals surface area contributed by atoms with Crippen molar-refractivity contribution in [3.63, 3.8) is 0 Å². The van der Waals surface area contributed by atoms with Crippen LogP contribution >= 0.6 is 0 Å². The first-order valence-electron chi connectivity index (χ1n) is 5.31. The van der Waals surface area contributed by atoms with Crippen molar-refractivity contribution in [3.8, 4) is 0 Å². The summed E-state index contributed by atoms with van der Waals surface area (Å²) in [5.41, 5.74) is 0. The number of nitrogens with one attached hydrogen (secondary N) is 1. The Morgan fingerprint density at radius 3 is 2.57 bits per heavy atom. The smallest absolute Gasteiger partial charge is 0.0894 e. The zero-order valence-electron chi connectivity index (χ0n) is 9.53. The lowest BCUT2D eigenvalue weighted by molar-refractivity contribution is 0.0936. The Balaban J connectivity index is 3.35. The number of aliphatic hydroxyl groups is 2. The van der Waals surface area contributed by atoms with Gasteiger partial charge in [-0.3, -0.25) is 0 Å². The van der Waals surface area contributed by atoms with Gasteiger partial charge in [0.25, 0.3) is 0 Å². The zero-order chi connectivity index (χ0) is 11.0. The van der Waals surface area contributed by atoms with Crippen LogP contribution in [0.2, 0.25) is 0 Å². The fourth-order valence-corrected chi connectivity index (χ4v) is 1.12. The molecule has 14 heavy (non-hydrogen) atoms. The first-order valence-corrected chi connectivity index (χ1v) is 5.31. The molecule has 0 rings (SSSR count). The summed E-state index contributed by atoms with van der Waals surface area (Å²) in [5.74, 6) is 0. The summed E-state index contributed by atoms with van der Waals surface area (Å²) >= 11 is 0. The highest BCUT2D eigenvalue weighted by atomic mass is 16.3. The quantitative estimate of drug-likeness (QED) is 0.473. The van der Waals surface area contributed by atoms with Crippen LogP contribution < -0.4 is 5.32 Å². The van der Waals surface area contributed by atoms with Crippen LogP contribution in [0.25, 0.3) is 0 Å². The predicted octanol–water partition coefficient (Wildman–Crippen LogP) is -0.340. The second-order valence-electron chi connectivity index (χ2n) is 3.78. The van der Waals surface area contributed by atoms with E-state index in [9.17, 15) is 0 Å². The minimum atomic E-state index is -0.635. The van der Waals surface area contributed by atoms with Gasteiger partial charge in [-0.1, -0.05) is 6.92 Å². The second-order valence-corrected chi connectivity index (χ2v) is 3.78. The normalized spacial score (nSPS) is 15.9. The molecule has 0 aromatic carbocycles. The average Bonchev–Trinajstić information content (AvgIpc) is 2.22. The number of aliphatic hydroxyl groups excluding tert-OH is 2. The molecule has 0 aromatic heterocycles. The van der Waals surface area contributed by atoms with Gasteiger partial charge in [0.05, 0.1) is 12.7 Å². The minimum Gasteiger partial charge on any atom is -0.394 e. The largest absolute Gasteiger partial charge is 0.394 e. The Hall–Kier alpha value is -0.160. The molecular formula is C10H24N2O2. The lowest BCUT2D eigenvalue weighted by atomic mass is 10.2. The van der Waals surface area contributed by atoms with Crippen molar-refractivity contribution in [1.29, 1.82) is 0 Å². The molecule has 0 spiro atoms. The summed E-state index contributed by atoms with van der Waals surface area (Å²) in [6, 6.07) is 0.597. The highest BCUT2D eigenvalue weighted by molar-refractivity contribution is 4.63. The second kappa shape index (κ2) is 8.17. The maximum absolute atomic E-state index is 9.05. The number of rotatable bonds is 8. The van der Waals surface area contributed by atoms with E-state index in [0.29, 0.717) is 12.6 Å². The van der Waals surface area contributed by atoms with Crippen molar-refractivity contribution in [2.75, 3.05) is 33.3 Å². The topological polar surface area (TPSA) is 55.7 Å². The maximum Gasteiger partial charge on any atom is 0.0894 e. The summed E-state index contributed by atoms with van der Waals surface area (Å²) in [6.07, 6.45) is 0.513. The summed E-state index contributed by atoms with van der Waals surface area (Å²) in [5, 5.41) is 20.7. The Kier molecular flexibility index (Phi) is 8.08. The van der Waals surface area contributed by atoms with Crippen LogP contribution in [0, 0.1) is 0 Å². The number of likely N-dealkylation sites (N-methyl/N-ethyl adjacent to an activating group) is 1. The molecule has 0 amide bonds. The van der Waals surface area contributed by atoms with Gasteiger partial charge in [-0.2, -0.15) is 0 Å². The van der Waals surface area contributed by atoms with Crippen LogP contribution in [-0.2, 0) is 0 Å². The zero-order valence-corrected chi connectivity index (χ0v) is 9.53. The van der Waals surface area contributed by atoms with E-state index in [1.165, 1.54) is 0 Å². The van der Waals surface area contributed by atoms with Gasteiger partial charge < -0.3 is 20.4 Å². The first kappa shape index (κ1) is 13.8. The van der Waals surface area contributed by atoms with E-state index in [2.05, 4.69) is 31.1 Å². The van der Waals surface area contributed by atoms with Gasteiger partial charge in [-0.05, 0) is 20.4 Å². The van der Waals surface area contributed by atoms with Gasteiger partial charge in [0.2, 0.25) is 0 Å². The van der Waals surface area contributed by atoms with E-state index in [0.717, 1.165) is 19.5 Å². The van der Waals surface area contributed by atoms with Gasteiger partial charge in [-0.25, -0.2) is 0 Å². The van der Waals surface area contributed by atoms with E-state index in [4.69, 9.17) is 10.2 Å². The SMILES string of the molecule is CCC(C)N(C)CCNC[C@H](O)CO. The van der Waals surface area contributed by atoms with Crippen LogP contribution in [0.3, 0.4) is 0 Å². The van der Waals surface area contributed by atoms with Crippen molar-refractivity contribution >= 4 is 0 Å². The summed E-state index contributed by atoms with van der Waals surface area (Å²) in [4.78, 5) is 2.28. The Bertz CT molecular complexity index is 133. The molecule has 0 bridgehead atoms. The maximum atomic E-state index is 9.05. The van der Waals surface area contributed by atoms with Gasteiger partial charge >= 0.3 is 0 Å². The molecule has 4 nitrogen and oxygen atoms in total. The van der Waals surface area contributed by atoms with E-state index < -0.39 is 6.10 Å². The van der Waals surface area contributed by atoms with Gasteiger partial charge in [0.15, 0.2) is 0 Å². The third-order valence-corrected chi connectivity index (χ3v) is 2.58. The van der Waals surface area contributed by atoms with Crippen molar-refractivity contribution in [1.82, 2.24) is 10.2 Å². The molecule has 1 unspecified atom stereocenters. The molecule has 2 atom stereocenters. The monoisotopic (exact) mass is 204 g/mol. The molecule has 0 aliphatic carbocycles. The standard InChI is InChI=1S/C10H24N2O2/c1-4-9(2)12(3)6-5-11-7-10(14)8-13/h9-11,13-14H,4-8H2,1-3H3/t9?,10-/m0/s1. The number of hydrogen-bond acceptors (Lipinski definition) is 4. The Morgan fingerprint density at radius 2 is 2.07 bits per heavy atom. The molecule has 0 fully saturated rings. The van der Waals surface area contributed by atoms with Crippen LogP contribution in [0.5, 0.6) is 0 Å². The Morgan fingerprint density at radius 1 is 1.43 bits per heavy atom. The molecule has 0 saturated carbocycles.